The molecule has 7 nitrogen and oxygen atoms in total. The molecule has 0 bridgehead atoms. The Morgan fingerprint density at radius 2 is 2.00 bits per heavy atom. The van der Waals surface area contributed by atoms with E-state index in [0.717, 1.165) is 33.8 Å². The average Bonchev–Trinajstić information content (AvgIpc) is 3.36. The molecule has 0 N–H and O–H groups in total. The van der Waals surface area contributed by atoms with Gasteiger partial charge in [-0.3, -0.25) is 4.57 Å². The number of allylic oxidation sites excluding steroid dienone is 1. The van der Waals surface area contributed by atoms with Crippen molar-refractivity contribution in [1.82, 2.24) is 24.1 Å². The summed E-state index contributed by atoms with van der Waals surface area (Å²) in [7, 11) is 0. The van der Waals surface area contributed by atoms with Crippen LogP contribution in [0.5, 0.6) is 11.5 Å². The number of thioether (sulfide) groups is 1. The Bertz CT molecular complexity index is 1140. The fourth-order valence-corrected chi connectivity index (χ4v) is 4.13. The van der Waals surface area contributed by atoms with Gasteiger partial charge in [-0.25, -0.2) is 4.98 Å². The van der Waals surface area contributed by atoms with Crippen molar-refractivity contribution < 1.29 is 9.47 Å². The van der Waals surface area contributed by atoms with Crippen molar-refractivity contribution in [2.24, 2.45) is 0 Å². The van der Waals surface area contributed by atoms with Crippen LogP contribution in [0.1, 0.15) is 17.6 Å². The molecule has 5 rings (SSSR count). The van der Waals surface area contributed by atoms with Gasteiger partial charge in [0.1, 0.15) is 12.3 Å². The van der Waals surface area contributed by atoms with Crippen molar-refractivity contribution >= 4 is 17.4 Å². The number of nitrogens with zero attached hydrogens (tertiary/aromatic N) is 5. The molecule has 0 radical (unpaired) electrons. The number of imidazole rings is 1. The van der Waals surface area contributed by atoms with Gasteiger partial charge in [0.05, 0.1) is 5.69 Å². The first kappa shape index (κ1) is 17.8. The highest BCUT2D eigenvalue weighted by Gasteiger charge is 2.28. The van der Waals surface area contributed by atoms with E-state index in [1.807, 2.05) is 69.9 Å². The van der Waals surface area contributed by atoms with E-state index in [2.05, 4.69) is 21.8 Å². The highest BCUT2D eigenvalue weighted by atomic mass is 32.2. The lowest BCUT2D eigenvalue weighted by Crippen LogP contribution is -2.25. The number of hydrogen-bond donors (Lipinski definition) is 0. The van der Waals surface area contributed by atoms with Crippen molar-refractivity contribution in [3.05, 3.63) is 79.0 Å². The molecule has 4 aromatic rings. The Morgan fingerprint density at radius 1 is 1.14 bits per heavy atom. The summed E-state index contributed by atoms with van der Waals surface area (Å²) in [5.74, 6) is 2.90. The molecule has 4 heterocycles. The predicted octanol–water partition coefficient (Wildman–Crippen LogP) is 3.92. The number of hydrogen-bond acceptors (Lipinski definition) is 6. The Kier molecular flexibility index (Phi) is 4.69. The Morgan fingerprint density at radius 3 is 2.86 bits per heavy atom. The zero-order valence-corrected chi connectivity index (χ0v) is 16.5. The molecule has 0 saturated carbocycles. The molecular formula is C21H19N5O2S. The molecule has 0 fully saturated rings. The number of rotatable bonds is 6. The third-order valence-corrected chi connectivity index (χ3v) is 5.62. The van der Waals surface area contributed by atoms with Crippen molar-refractivity contribution in [2.75, 3.05) is 6.61 Å². The Labute approximate surface area is 172 Å². The molecule has 0 aliphatic carbocycles. The van der Waals surface area contributed by atoms with Crippen LogP contribution in [0.15, 0.2) is 72.7 Å². The van der Waals surface area contributed by atoms with Gasteiger partial charge in [0.2, 0.25) is 0 Å². The highest BCUT2D eigenvalue weighted by Crippen LogP contribution is 2.36. The predicted molar refractivity (Wildman–Crippen MR) is 110 cm³/mol. The number of benzene rings is 1. The Balaban J connectivity index is 1.37. The lowest BCUT2D eigenvalue weighted by molar-refractivity contribution is 0.0821. The van der Waals surface area contributed by atoms with E-state index >= 15 is 0 Å². The fourth-order valence-electron chi connectivity index (χ4n) is 3.29. The van der Waals surface area contributed by atoms with E-state index in [1.54, 1.807) is 11.8 Å². The van der Waals surface area contributed by atoms with Crippen LogP contribution in [0.4, 0.5) is 0 Å². The first-order chi connectivity index (χ1) is 14.3. The SMILES string of the molecule is C=CCn1c(SCc2cn3ccccc3n2)nnc1C1COc2ccccc2O1. The highest BCUT2D eigenvalue weighted by molar-refractivity contribution is 7.98. The number of ether oxygens (including phenoxy) is 2. The molecule has 1 atom stereocenters. The van der Waals surface area contributed by atoms with Gasteiger partial charge in [-0.15, -0.1) is 16.8 Å². The van der Waals surface area contributed by atoms with Gasteiger partial charge in [0, 0.05) is 24.7 Å². The van der Waals surface area contributed by atoms with E-state index in [1.165, 1.54) is 0 Å². The van der Waals surface area contributed by atoms with Crippen molar-refractivity contribution in [3.63, 3.8) is 0 Å². The maximum atomic E-state index is 6.11. The third kappa shape index (κ3) is 3.47. The molecule has 0 spiro atoms. The van der Waals surface area contributed by atoms with Gasteiger partial charge in [-0.1, -0.05) is 36.0 Å². The molecule has 0 amide bonds. The van der Waals surface area contributed by atoms with Crippen LogP contribution in [0.25, 0.3) is 5.65 Å². The molecule has 146 valence electrons. The first-order valence-electron chi connectivity index (χ1n) is 9.29. The lowest BCUT2D eigenvalue weighted by Gasteiger charge is -2.26. The second-order valence-corrected chi connectivity index (χ2v) is 7.53. The summed E-state index contributed by atoms with van der Waals surface area (Å²) >= 11 is 1.60. The van der Waals surface area contributed by atoms with Crippen LogP contribution in [0, 0.1) is 0 Å². The van der Waals surface area contributed by atoms with Crippen molar-refractivity contribution in [3.8, 4) is 11.5 Å². The van der Waals surface area contributed by atoms with E-state index in [9.17, 15) is 0 Å². The molecule has 1 aliphatic rings. The quantitative estimate of drug-likeness (QED) is 0.358. The minimum Gasteiger partial charge on any atom is -0.485 e. The summed E-state index contributed by atoms with van der Waals surface area (Å²) in [4.78, 5) is 4.64. The number of aromatic nitrogens is 5. The molecule has 1 aromatic carbocycles. The fraction of sp³-hybridized carbons (Fsp3) is 0.190. The van der Waals surface area contributed by atoms with Crippen molar-refractivity contribution in [2.45, 2.75) is 23.6 Å². The van der Waals surface area contributed by atoms with Gasteiger partial charge in [-0.2, -0.15) is 0 Å². The van der Waals surface area contributed by atoms with Crippen molar-refractivity contribution in [1.29, 1.82) is 0 Å². The van der Waals surface area contributed by atoms with Gasteiger partial charge >= 0.3 is 0 Å². The molecule has 0 saturated heterocycles. The van der Waals surface area contributed by atoms with Gasteiger partial charge < -0.3 is 13.9 Å². The monoisotopic (exact) mass is 405 g/mol. The van der Waals surface area contributed by atoms with Gasteiger partial charge in [0.25, 0.3) is 0 Å². The second kappa shape index (κ2) is 7.63. The average molecular weight is 405 g/mol. The molecule has 29 heavy (non-hydrogen) atoms. The van der Waals surface area contributed by atoms with Crippen LogP contribution in [0.2, 0.25) is 0 Å². The lowest BCUT2D eigenvalue weighted by atomic mass is 10.2. The summed E-state index contributed by atoms with van der Waals surface area (Å²) < 4.78 is 16.0. The Hall–Kier alpha value is -3.26. The molecule has 1 aliphatic heterocycles. The number of fused-ring (bicyclic) bond motifs is 2. The van der Waals surface area contributed by atoms with Crippen LogP contribution in [-0.2, 0) is 12.3 Å². The summed E-state index contributed by atoms with van der Waals surface area (Å²) in [6.45, 7) is 4.86. The van der Waals surface area contributed by atoms with Gasteiger partial charge in [0.15, 0.2) is 28.6 Å². The first-order valence-corrected chi connectivity index (χ1v) is 10.3. The molecule has 3 aromatic heterocycles. The van der Waals surface area contributed by atoms with Gasteiger partial charge in [-0.05, 0) is 24.3 Å². The van der Waals surface area contributed by atoms with Crippen LogP contribution in [0.3, 0.4) is 0 Å². The zero-order valence-electron chi connectivity index (χ0n) is 15.6. The summed E-state index contributed by atoms with van der Waals surface area (Å²) in [6, 6.07) is 13.6. The van der Waals surface area contributed by atoms with Crippen LogP contribution >= 0.6 is 11.8 Å². The summed E-state index contributed by atoms with van der Waals surface area (Å²) in [6.07, 6.45) is 5.54. The molecule has 8 heteroatoms. The maximum Gasteiger partial charge on any atom is 0.192 e. The second-order valence-electron chi connectivity index (χ2n) is 6.59. The van der Waals surface area contributed by atoms with E-state index in [0.29, 0.717) is 18.9 Å². The largest absolute Gasteiger partial charge is 0.485 e. The standard InChI is InChI=1S/C21H19N5O2S/c1-2-10-26-20(18-13-27-16-7-3-4-8-17(16)28-18)23-24-21(26)29-14-15-12-25-11-6-5-9-19(25)22-15/h2-9,11-12,18H,1,10,13-14H2. The maximum absolute atomic E-state index is 6.11. The zero-order chi connectivity index (χ0) is 19.6. The molecular weight excluding hydrogens is 386 g/mol. The molecule has 1 unspecified atom stereocenters. The minimum absolute atomic E-state index is 0.318. The van der Waals surface area contributed by atoms with Crippen LogP contribution < -0.4 is 9.47 Å². The summed E-state index contributed by atoms with van der Waals surface area (Å²) in [5.41, 5.74) is 1.92. The number of pyridine rings is 1. The summed E-state index contributed by atoms with van der Waals surface area (Å²) in [5, 5.41) is 9.60. The van der Waals surface area contributed by atoms with E-state index in [-0.39, 0.29) is 6.10 Å². The van der Waals surface area contributed by atoms with E-state index < -0.39 is 0 Å². The topological polar surface area (TPSA) is 66.5 Å². The minimum atomic E-state index is -0.318. The number of para-hydroxylation sites is 2. The normalized spacial score (nSPS) is 15.5. The van der Waals surface area contributed by atoms with E-state index in [4.69, 9.17) is 9.47 Å². The smallest absolute Gasteiger partial charge is 0.192 e. The van der Waals surface area contributed by atoms with Crippen LogP contribution in [-0.4, -0.2) is 30.8 Å². The third-order valence-electron chi connectivity index (χ3n) is 4.62.